The maximum Gasteiger partial charge on any atom is 0.127 e. The molecule has 108 valence electrons. The van der Waals surface area contributed by atoms with Crippen LogP contribution in [0.25, 0.3) is 0 Å². The summed E-state index contributed by atoms with van der Waals surface area (Å²) in [5.41, 5.74) is 0.785. The van der Waals surface area contributed by atoms with E-state index in [4.69, 9.17) is 0 Å². The summed E-state index contributed by atoms with van der Waals surface area (Å²) >= 11 is 1.71. The minimum atomic E-state index is -0.160. The van der Waals surface area contributed by atoms with Gasteiger partial charge < -0.3 is 5.32 Å². The smallest absolute Gasteiger partial charge is 0.127 e. The molecule has 0 aliphatic carbocycles. The standard InChI is InChI=1S/C16H21FN2S/c1-11(13-7-5-6-8-14(13)17)18-9-12-10-19-15(20-12)16(2,3)4/h5-8,10-11,18H,9H2,1-4H3/t11-/m1/s1. The maximum atomic E-state index is 13.7. The summed E-state index contributed by atoms with van der Waals surface area (Å²) in [7, 11) is 0. The monoisotopic (exact) mass is 292 g/mol. The van der Waals surface area contributed by atoms with Gasteiger partial charge in [0.15, 0.2) is 0 Å². The molecule has 0 radical (unpaired) electrons. The van der Waals surface area contributed by atoms with Crippen LogP contribution in [0.5, 0.6) is 0 Å². The van der Waals surface area contributed by atoms with Gasteiger partial charge in [0, 0.05) is 34.6 Å². The van der Waals surface area contributed by atoms with Gasteiger partial charge in [-0.3, -0.25) is 0 Å². The van der Waals surface area contributed by atoms with Crippen LogP contribution in [-0.2, 0) is 12.0 Å². The van der Waals surface area contributed by atoms with E-state index < -0.39 is 0 Å². The number of hydrogen-bond acceptors (Lipinski definition) is 3. The zero-order valence-electron chi connectivity index (χ0n) is 12.4. The van der Waals surface area contributed by atoms with Gasteiger partial charge in [0.25, 0.3) is 0 Å². The second-order valence-corrected chi connectivity index (χ2v) is 7.12. The number of nitrogens with zero attached hydrogens (tertiary/aromatic N) is 1. The van der Waals surface area contributed by atoms with E-state index in [1.165, 1.54) is 10.9 Å². The highest BCUT2D eigenvalue weighted by Crippen LogP contribution is 2.27. The van der Waals surface area contributed by atoms with Crippen LogP contribution >= 0.6 is 11.3 Å². The molecule has 4 heteroatoms. The predicted molar refractivity (Wildman–Crippen MR) is 82.5 cm³/mol. The first-order valence-electron chi connectivity index (χ1n) is 6.81. The third-order valence-electron chi connectivity index (χ3n) is 3.15. The lowest BCUT2D eigenvalue weighted by Gasteiger charge is -2.15. The molecule has 0 bridgehead atoms. The van der Waals surface area contributed by atoms with Crippen molar-refractivity contribution in [2.75, 3.05) is 0 Å². The molecule has 1 heterocycles. The molecule has 0 saturated heterocycles. The molecule has 1 N–H and O–H groups in total. The Hall–Kier alpha value is -1.26. The van der Waals surface area contributed by atoms with Crippen molar-refractivity contribution in [2.24, 2.45) is 0 Å². The van der Waals surface area contributed by atoms with Crippen LogP contribution in [0.3, 0.4) is 0 Å². The van der Waals surface area contributed by atoms with Crippen LogP contribution in [0.15, 0.2) is 30.5 Å². The molecule has 2 rings (SSSR count). The molecule has 0 aliphatic rings. The maximum absolute atomic E-state index is 13.7. The fourth-order valence-electron chi connectivity index (χ4n) is 1.93. The first-order chi connectivity index (χ1) is 9.38. The Bertz CT molecular complexity index is 572. The Morgan fingerprint density at radius 3 is 2.60 bits per heavy atom. The average molecular weight is 292 g/mol. The normalized spacial score (nSPS) is 13.4. The molecule has 0 aliphatic heterocycles. The van der Waals surface area contributed by atoms with E-state index in [1.54, 1.807) is 17.4 Å². The van der Waals surface area contributed by atoms with E-state index in [0.29, 0.717) is 12.1 Å². The molecule has 1 atom stereocenters. The number of rotatable bonds is 4. The SMILES string of the molecule is C[C@@H](NCc1cnc(C(C)(C)C)s1)c1ccccc1F. The van der Waals surface area contributed by atoms with E-state index in [9.17, 15) is 4.39 Å². The van der Waals surface area contributed by atoms with Crippen LogP contribution in [-0.4, -0.2) is 4.98 Å². The zero-order chi connectivity index (χ0) is 14.8. The Kier molecular flexibility index (Phi) is 4.55. The largest absolute Gasteiger partial charge is 0.305 e. The van der Waals surface area contributed by atoms with Gasteiger partial charge in [-0.05, 0) is 13.0 Å². The minimum Gasteiger partial charge on any atom is -0.305 e. The molecule has 20 heavy (non-hydrogen) atoms. The zero-order valence-corrected chi connectivity index (χ0v) is 13.2. The molecule has 1 aromatic heterocycles. The van der Waals surface area contributed by atoms with Crippen molar-refractivity contribution in [1.82, 2.24) is 10.3 Å². The van der Waals surface area contributed by atoms with Crippen molar-refractivity contribution in [3.63, 3.8) is 0 Å². The number of benzene rings is 1. The Labute approximate surface area is 124 Å². The molecule has 1 aromatic carbocycles. The van der Waals surface area contributed by atoms with Gasteiger partial charge in [0.05, 0.1) is 5.01 Å². The van der Waals surface area contributed by atoms with E-state index >= 15 is 0 Å². The van der Waals surface area contributed by atoms with Crippen LogP contribution < -0.4 is 5.32 Å². The van der Waals surface area contributed by atoms with Crippen molar-refractivity contribution < 1.29 is 4.39 Å². The second-order valence-electron chi connectivity index (χ2n) is 6.01. The lowest BCUT2D eigenvalue weighted by atomic mass is 9.98. The Balaban J connectivity index is 1.99. The van der Waals surface area contributed by atoms with Gasteiger partial charge in [-0.2, -0.15) is 0 Å². The third-order valence-corrected chi connectivity index (χ3v) is 4.57. The summed E-state index contributed by atoms with van der Waals surface area (Å²) in [6.45, 7) is 9.16. The van der Waals surface area contributed by atoms with Gasteiger partial charge in [0.2, 0.25) is 0 Å². The number of nitrogens with one attached hydrogen (secondary N) is 1. The molecule has 0 amide bonds. The number of halogens is 1. The molecule has 0 unspecified atom stereocenters. The van der Waals surface area contributed by atoms with Gasteiger partial charge in [-0.1, -0.05) is 39.0 Å². The molecule has 0 fully saturated rings. The summed E-state index contributed by atoms with van der Waals surface area (Å²) in [4.78, 5) is 5.64. The second kappa shape index (κ2) is 6.02. The van der Waals surface area contributed by atoms with Gasteiger partial charge in [0.1, 0.15) is 5.82 Å². The average Bonchev–Trinajstić information content (AvgIpc) is 2.85. The summed E-state index contributed by atoms with van der Waals surface area (Å²) < 4.78 is 13.7. The Morgan fingerprint density at radius 2 is 2.00 bits per heavy atom. The van der Waals surface area contributed by atoms with Crippen LogP contribution in [0.4, 0.5) is 4.39 Å². The first kappa shape index (κ1) is 15.1. The van der Waals surface area contributed by atoms with Crippen molar-refractivity contribution >= 4 is 11.3 Å². The molecule has 0 saturated carbocycles. The molecule has 2 nitrogen and oxygen atoms in total. The first-order valence-corrected chi connectivity index (χ1v) is 7.62. The van der Waals surface area contributed by atoms with Gasteiger partial charge in [-0.25, -0.2) is 9.37 Å². The lowest BCUT2D eigenvalue weighted by Crippen LogP contribution is -2.18. The highest BCUT2D eigenvalue weighted by atomic mass is 32.1. The summed E-state index contributed by atoms with van der Waals surface area (Å²) in [6, 6.07) is 6.88. The van der Waals surface area contributed by atoms with Crippen LogP contribution in [0.1, 0.15) is 49.2 Å². The van der Waals surface area contributed by atoms with Crippen molar-refractivity contribution in [3.8, 4) is 0 Å². The fraction of sp³-hybridized carbons (Fsp3) is 0.438. The molecular weight excluding hydrogens is 271 g/mol. The van der Waals surface area contributed by atoms with Crippen LogP contribution in [0, 0.1) is 5.82 Å². The molecule has 2 aromatic rings. The quantitative estimate of drug-likeness (QED) is 0.901. The highest BCUT2D eigenvalue weighted by molar-refractivity contribution is 7.11. The number of aromatic nitrogens is 1. The summed E-state index contributed by atoms with van der Waals surface area (Å²) in [5.74, 6) is -0.160. The summed E-state index contributed by atoms with van der Waals surface area (Å²) in [6.07, 6.45) is 1.91. The van der Waals surface area contributed by atoms with Crippen molar-refractivity contribution in [1.29, 1.82) is 0 Å². The van der Waals surface area contributed by atoms with Gasteiger partial charge >= 0.3 is 0 Å². The summed E-state index contributed by atoms with van der Waals surface area (Å²) in [5, 5.41) is 4.48. The molecular formula is C16H21FN2S. The van der Waals surface area contributed by atoms with E-state index in [1.807, 2.05) is 25.3 Å². The lowest BCUT2D eigenvalue weighted by molar-refractivity contribution is 0.530. The number of thiazole rings is 1. The highest BCUT2D eigenvalue weighted by Gasteiger charge is 2.18. The van der Waals surface area contributed by atoms with E-state index in [-0.39, 0.29) is 17.3 Å². The minimum absolute atomic E-state index is 0.0172. The predicted octanol–water partition coefficient (Wildman–Crippen LogP) is 4.43. The van der Waals surface area contributed by atoms with Crippen LogP contribution in [0.2, 0.25) is 0 Å². The van der Waals surface area contributed by atoms with Crippen molar-refractivity contribution in [2.45, 2.75) is 45.7 Å². The van der Waals surface area contributed by atoms with Gasteiger partial charge in [-0.15, -0.1) is 11.3 Å². The topological polar surface area (TPSA) is 24.9 Å². The Morgan fingerprint density at radius 1 is 1.30 bits per heavy atom. The van der Waals surface area contributed by atoms with Crippen molar-refractivity contribution in [3.05, 3.63) is 51.7 Å². The fourth-order valence-corrected chi connectivity index (χ4v) is 2.85. The number of hydrogen-bond donors (Lipinski definition) is 1. The van der Waals surface area contributed by atoms with E-state index in [2.05, 4.69) is 31.1 Å². The third kappa shape index (κ3) is 3.64. The molecule has 0 spiro atoms. The van der Waals surface area contributed by atoms with E-state index in [0.717, 1.165) is 5.01 Å².